The molecule has 0 heterocycles. The smallest absolute Gasteiger partial charge is 0.277 e. The number of nitrogens with zero attached hydrogens (tertiary/aromatic N) is 1. The van der Waals surface area contributed by atoms with Gasteiger partial charge in [0.05, 0.1) is 5.69 Å². The van der Waals surface area contributed by atoms with Crippen molar-refractivity contribution >= 4 is 32.0 Å². The lowest BCUT2D eigenvalue weighted by Gasteiger charge is -2.11. The van der Waals surface area contributed by atoms with E-state index in [-0.39, 0.29) is 12.1 Å². The summed E-state index contributed by atoms with van der Waals surface area (Å²) in [6.07, 6.45) is 0.150. The lowest BCUT2D eigenvalue weighted by molar-refractivity contribution is -0.106. The van der Waals surface area contributed by atoms with Crippen molar-refractivity contribution in [3.63, 3.8) is 0 Å². The molecule has 0 unspecified atom stereocenters. The molecular formula is C7H6ClNO3S. The minimum atomic E-state index is -4.03. The maximum absolute atomic E-state index is 10.8. The van der Waals surface area contributed by atoms with Gasteiger partial charge in [-0.05, 0) is 12.1 Å². The van der Waals surface area contributed by atoms with E-state index >= 15 is 0 Å². The summed E-state index contributed by atoms with van der Waals surface area (Å²) in [5.74, 6) is 0. The van der Waals surface area contributed by atoms with Gasteiger partial charge in [-0.3, -0.25) is 4.79 Å². The molecule has 0 aliphatic heterocycles. The van der Waals surface area contributed by atoms with Crippen LogP contribution in [0.3, 0.4) is 0 Å². The number of rotatable bonds is 3. The van der Waals surface area contributed by atoms with E-state index in [4.69, 9.17) is 10.7 Å². The molecule has 1 aromatic carbocycles. The van der Waals surface area contributed by atoms with E-state index in [0.717, 1.165) is 0 Å². The quantitative estimate of drug-likeness (QED) is 0.566. The number of para-hydroxylation sites is 1. The lowest BCUT2D eigenvalue weighted by Crippen LogP contribution is -2.24. The van der Waals surface area contributed by atoms with Crippen molar-refractivity contribution in [2.45, 2.75) is 0 Å². The first-order valence-corrected chi connectivity index (χ1v) is 5.56. The van der Waals surface area contributed by atoms with Gasteiger partial charge in [-0.15, -0.1) is 0 Å². The van der Waals surface area contributed by atoms with Gasteiger partial charge in [0, 0.05) is 10.7 Å². The van der Waals surface area contributed by atoms with Crippen LogP contribution in [0.1, 0.15) is 0 Å². The number of hydrogen-bond donors (Lipinski definition) is 0. The Kier molecular flexibility index (Phi) is 2.90. The van der Waals surface area contributed by atoms with Gasteiger partial charge in [0.15, 0.2) is 0 Å². The fraction of sp³-hybridized carbons (Fsp3) is 0. The summed E-state index contributed by atoms with van der Waals surface area (Å²) < 4.78 is 22.1. The highest BCUT2D eigenvalue weighted by molar-refractivity contribution is 8.15. The summed E-state index contributed by atoms with van der Waals surface area (Å²) in [7, 11) is 0.970. The molecule has 0 spiro atoms. The predicted molar refractivity (Wildman–Crippen MR) is 49.8 cm³/mol. The molecule has 0 saturated carbocycles. The van der Waals surface area contributed by atoms with Crippen LogP contribution in [0.2, 0.25) is 0 Å². The Hall–Kier alpha value is -1.07. The maximum atomic E-state index is 10.8. The van der Waals surface area contributed by atoms with Crippen molar-refractivity contribution in [1.29, 1.82) is 0 Å². The van der Waals surface area contributed by atoms with Crippen LogP contribution < -0.4 is 4.31 Å². The number of amides is 1. The van der Waals surface area contributed by atoms with E-state index < -0.39 is 9.24 Å². The Morgan fingerprint density at radius 1 is 1.23 bits per heavy atom. The van der Waals surface area contributed by atoms with Crippen LogP contribution in [0, 0.1) is 0 Å². The lowest BCUT2D eigenvalue weighted by atomic mass is 10.3. The van der Waals surface area contributed by atoms with Gasteiger partial charge < -0.3 is 0 Å². The van der Waals surface area contributed by atoms with Crippen molar-refractivity contribution in [3.05, 3.63) is 30.3 Å². The van der Waals surface area contributed by atoms with Crippen LogP contribution in [0.5, 0.6) is 0 Å². The number of hydrogen-bond acceptors (Lipinski definition) is 3. The number of carbonyl (C=O) groups excluding carboxylic acids is 1. The van der Waals surface area contributed by atoms with E-state index in [2.05, 4.69) is 0 Å². The Labute approximate surface area is 80.3 Å². The largest absolute Gasteiger partial charge is 0.328 e. The van der Waals surface area contributed by atoms with E-state index in [1.54, 1.807) is 18.2 Å². The third kappa shape index (κ3) is 2.43. The van der Waals surface area contributed by atoms with Gasteiger partial charge in [-0.25, -0.2) is 0 Å². The topological polar surface area (TPSA) is 54.5 Å². The highest BCUT2D eigenvalue weighted by Gasteiger charge is 2.17. The Morgan fingerprint density at radius 2 is 1.77 bits per heavy atom. The fourth-order valence-corrected chi connectivity index (χ4v) is 1.63. The molecule has 1 rings (SSSR count). The second-order valence-corrected chi connectivity index (χ2v) is 4.57. The number of carbonyl (C=O) groups is 1. The fourth-order valence-electron chi connectivity index (χ4n) is 0.813. The van der Waals surface area contributed by atoms with Crippen LogP contribution in [0.4, 0.5) is 5.69 Å². The molecular weight excluding hydrogens is 214 g/mol. The Balaban J connectivity index is 3.13. The number of anilines is 1. The van der Waals surface area contributed by atoms with Crippen molar-refractivity contribution in [2.75, 3.05) is 4.31 Å². The SMILES string of the molecule is O=CN(c1ccccc1)S(=O)(=O)Cl. The zero-order valence-corrected chi connectivity index (χ0v) is 7.99. The van der Waals surface area contributed by atoms with Gasteiger partial charge in [0.25, 0.3) is 0 Å². The first-order chi connectivity index (χ1) is 6.05. The molecule has 0 atom stereocenters. The second kappa shape index (κ2) is 3.76. The minimum Gasteiger partial charge on any atom is -0.277 e. The van der Waals surface area contributed by atoms with Crippen LogP contribution >= 0.6 is 10.7 Å². The van der Waals surface area contributed by atoms with Crippen LogP contribution in [0.15, 0.2) is 30.3 Å². The van der Waals surface area contributed by atoms with Crippen molar-refractivity contribution in [2.24, 2.45) is 0 Å². The molecule has 0 bridgehead atoms. The van der Waals surface area contributed by atoms with Gasteiger partial charge >= 0.3 is 9.24 Å². The highest BCUT2D eigenvalue weighted by atomic mass is 35.7. The molecule has 0 N–H and O–H groups in total. The molecule has 0 fully saturated rings. The maximum Gasteiger partial charge on any atom is 0.328 e. The third-order valence-electron chi connectivity index (χ3n) is 1.34. The van der Waals surface area contributed by atoms with Crippen LogP contribution in [0.25, 0.3) is 0 Å². The number of halogens is 1. The van der Waals surface area contributed by atoms with Gasteiger partial charge in [0.2, 0.25) is 6.41 Å². The van der Waals surface area contributed by atoms with Crippen LogP contribution in [-0.4, -0.2) is 14.8 Å². The Bertz CT molecular complexity index is 389. The molecule has 0 radical (unpaired) electrons. The zero-order chi connectivity index (χ0) is 9.90. The second-order valence-electron chi connectivity index (χ2n) is 2.18. The van der Waals surface area contributed by atoms with E-state index in [0.29, 0.717) is 4.31 Å². The molecule has 4 nitrogen and oxygen atoms in total. The minimum absolute atomic E-state index is 0.150. The van der Waals surface area contributed by atoms with E-state index in [1.165, 1.54) is 12.1 Å². The molecule has 0 aliphatic carbocycles. The van der Waals surface area contributed by atoms with Crippen molar-refractivity contribution in [1.82, 2.24) is 0 Å². The molecule has 0 aromatic heterocycles. The van der Waals surface area contributed by atoms with E-state index in [9.17, 15) is 13.2 Å². The molecule has 0 saturated heterocycles. The summed E-state index contributed by atoms with van der Waals surface area (Å²) >= 11 is 0. The number of benzene rings is 1. The summed E-state index contributed by atoms with van der Waals surface area (Å²) in [4.78, 5) is 10.4. The highest BCUT2D eigenvalue weighted by Crippen LogP contribution is 2.17. The molecule has 6 heteroatoms. The summed E-state index contributed by atoms with van der Waals surface area (Å²) in [6, 6.07) is 7.85. The Morgan fingerprint density at radius 3 is 2.15 bits per heavy atom. The normalized spacial score (nSPS) is 10.8. The van der Waals surface area contributed by atoms with Gasteiger partial charge in [0.1, 0.15) is 0 Å². The first kappa shape index (κ1) is 10.0. The van der Waals surface area contributed by atoms with Crippen LogP contribution in [-0.2, 0) is 14.0 Å². The first-order valence-electron chi connectivity index (χ1n) is 3.30. The molecule has 13 heavy (non-hydrogen) atoms. The summed E-state index contributed by atoms with van der Waals surface area (Å²) in [5.41, 5.74) is 0.215. The average Bonchev–Trinajstić information content (AvgIpc) is 2.05. The van der Waals surface area contributed by atoms with Crippen molar-refractivity contribution < 1.29 is 13.2 Å². The zero-order valence-electron chi connectivity index (χ0n) is 6.42. The predicted octanol–water partition coefficient (Wildman–Crippen LogP) is 1.13. The van der Waals surface area contributed by atoms with Gasteiger partial charge in [-0.1, -0.05) is 18.2 Å². The van der Waals surface area contributed by atoms with Gasteiger partial charge in [-0.2, -0.15) is 12.7 Å². The average molecular weight is 220 g/mol. The van der Waals surface area contributed by atoms with E-state index in [1.807, 2.05) is 0 Å². The summed E-state index contributed by atoms with van der Waals surface area (Å²) in [6.45, 7) is 0. The van der Waals surface area contributed by atoms with Crippen molar-refractivity contribution in [3.8, 4) is 0 Å². The molecule has 1 amide bonds. The third-order valence-corrected chi connectivity index (χ3v) is 2.55. The standard InChI is InChI=1S/C7H6ClNO3S/c8-13(11,12)9(6-10)7-4-2-1-3-5-7/h1-6H. The molecule has 70 valence electrons. The summed E-state index contributed by atoms with van der Waals surface area (Å²) in [5, 5.41) is 0. The monoisotopic (exact) mass is 219 g/mol. The molecule has 1 aromatic rings. The molecule has 0 aliphatic rings.